The molecule has 1 heterocycles. The maximum atomic E-state index is 12.0. The van der Waals surface area contributed by atoms with Crippen molar-refractivity contribution in [1.29, 1.82) is 0 Å². The minimum absolute atomic E-state index is 0.212. The summed E-state index contributed by atoms with van der Waals surface area (Å²) in [6, 6.07) is 7.14. The van der Waals surface area contributed by atoms with Gasteiger partial charge in [0.2, 0.25) is 0 Å². The smallest absolute Gasteiger partial charge is 0.326 e. The minimum Gasteiger partial charge on any atom is -0.451 e. The Kier molecular flexibility index (Phi) is 6.16. The molecule has 0 aliphatic heterocycles. The molecule has 6 nitrogen and oxygen atoms in total. The number of benzene rings is 1. The molecule has 1 aromatic heterocycles. The number of nitrogens with one attached hydrogen (secondary N) is 1. The zero-order chi connectivity index (χ0) is 17.7. The predicted octanol–water partition coefficient (Wildman–Crippen LogP) is 2.12. The van der Waals surface area contributed by atoms with E-state index >= 15 is 0 Å². The quantitative estimate of drug-likeness (QED) is 0.792. The summed E-state index contributed by atoms with van der Waals surface area (Å²) in [5, 5.41) is 4.87. The molecule has 0 bridgehead atoms. The number of nitrogens with zero attached hydrogens (tertiary/aromatic N) is 1. The van der Waals surface area contributed by atoms with Crippen LogP contribution in [0, 0.1) is 6.92 Å². The summed E-state index contributed by atoms with van der Waals surface area (Å²) >= 11 is 7.03. The second-order valence-electron chi connectivity index (χ2n) is 5.17. The summed E-state index contributed by atoms with van der Waals surface area (Å²) in [6.45, 7) is 3.23. The first-order chi connectivity index (χ1) is 11.4. The highest BCUT2D eigenvalue weighted by molar-refractivity contribution is 7.07. The molecular weight excluding hydrogens is 352 g/mol. The van der Waals surface area contributed by atoms with E-state index in [1.54, 1.807) is 30.5 Å². The van der Waals surface area contributed by atoms with Crippen molar-refractivity contribution in [3.05, 3.63) is 55.6 Å². The number of hydrogen-bond donors (Lipinski definition) is 1. The Morgan fingerprint density at radius 2 is 2.08 bits per heavy atom. The Hall–Kier alpha value is -2.12. The predicted molar refractivity (Wildman–Crippen MR) is 92.2 cm³/mol. The summed E-state index contributed by atoms with van der Waals surface area (Å²) in [6.07, 6.45) is -0.963. The maximum absolute atomic E-state index is 12.0. The zero-order valence-corrected chi connectivity index (χ0v) is 14.8. The summed E-state index contributed by atoms with van der Waals surface area (Å²) in [4.78, 5) is 35.2. The first kappa shape index (κ1) is 18.2. The standard InChI is InChI=1S/C16H17ClN2O4S/c1-10-9-24-16(22)19(10)8-14(20)23-11(2)15(21)18-7-12-5-3-4-6-13(12)17/h3-6,9,11H,7-8H2,1-2H3,(H,18,21)/t11-/m1/s1. The second-order valence-corrected chi connectivity index (χ2v) is 6.40. The molecule has 0 radical (unpaired) electrons. The number of esters is 1. The maximum Gasteiger partial charge on any atom is 0.326 e. The molecule has 0 spiro atoms. The van der Waals surface area contributed by atoms with Gasteiger partial charge in [0.1, 0.15) is 6.54 Å². The van der Waals surface area contributed by atoms with Gasteiger partial charge in [-0.15, -0.1) is 0 Å². The molecule has 0 fully saturated rings. The molecule has 24 heavy (non-hydrogen) atoms. The van der Waals surface area contributed by atoms with Gasteiger partial charge in [-0.2, -0.15) is 0 Å². The van der Waals surface area contributed by atoms with E-state index in [-0.39, 0.29) is 18.0 Å². The number of halogens is 1. The second kappa shape index (κ2) is 8.12. The summed E-state index contributed by atoms with van der Waals surface area (Å²) in [5.41, 5.74) is 1.45. The lowest BCUT2D eigenvalue weighted by Crippen LogP contribution is -2.36. The van der Waals surface area contributed by atoms with Crippen molar-refractivity contribution in [2.45, 2.75) is 33.0 Å². The van der Waals surface area contributed by atoms with Crippen LogP contribution in [0.25, 0.3) is 0 Å². The number of thiazole rings is 1. The molecule has 0 aliphatic carbocycles. The fourth-order valence-corrected chi connectivity index (χ4v) is 2.92. The number of aromatic nitrogens is 1. The number of amides is 1. The first-order valence-corrected chi connectivity index (χ1v) is 8.49. The highest BCUT2D eigenvalue weighted by atomic mass is 35.5. The monoisotopic (exact) mass is 368 g/mol. The fourth-order valence-electron chi connectivity index (χ4n) is 1.98. The molecule has 2 rings (SSSR count). The van der Waals surface area contributed by atoms with Gasteiger partial charge in [0, 0.05) is 22.6 Å². The van der Waals surface area contributed by atoms with Gasteiger partial charge in [-0.05, 0) is 25.5 Å². The SMILES string of the molecule is Cc1csc(=O)n1CC(=O)O[C@H](C)C(=O)NCc1ccccc1Cl. The largest absolute Gasteiger partial charge is 0.451 e. The lowest BCUT2D eigenvalue weighted by molar-refractivity contribution is -0.155. The number of ether oxygens (including phenoxy) is 1. The van der Waals surface area contributed by atoms with Crippen molar-refractivity contribution in [1.82, 2.24) is 9.88 Å². The number of carbonyl (C=O) groups excluding carboxylic acids is 2. The molecule has 128 valence electrons. The Morgan fingerprint density at radius 1 is 1.38 bits per heavy atom. The van der Waals surface area contributed by atoms with Crippen LogP contribution in [0.4, 0.5) is 0 Å². The van der Waals surface area contributed by atoms with Crippen molar-refractivity contribution in [3.63, 3.8) is 0 Å². The van der Waals surface area contributed by atoms with Crippen LogP contribution in [0.2, 0.25) is 5.02 Å². The lowest BCUT2D eigenvalue weighted by Gasteiger charge is -2.14. The van der Waals surface area contributed by atoms with E-state index in [1.165, 1.54) is 11.5 Å². The van der Waals surface area contributed by atoms with Gasteiger partial charge in [-0.3, -0.25) is 19.0 Å². The van der Waals surface area contributed by atoms with E-state index in [9.17, 15) is 14.4 Å². The Balaban J connectivity index is 1.86. The number of hydrogen-bond acceptors (Lipinski definition) is 5. The molecule has 1 N–H and O–H groups in total. The van der Waals surface area contributed by atoms with E-state index < -0.39 is 18.0 Å². The minimum atomic E-state index is -0.963. The van der Waals surface area contributed by atoms with Gasteiger partial charge >= 0.3 is 10.8 Å². The fraction of sp³-hybridized carbons (Fsp3) is 0.312. The van der Waals surface area contributed by atoms with Crippen molar-refractivity contribution in [3.8, 4) is 0 Å². The third-order valence-electron chi connectivity index (χ3n) is 3.35. The molecule has 0 unspecified atom stereocenters. The van der Waals surface area contributed by atoms with E-state index in [4.69, 9.17) is 16.3 Å². The third-order valence-corrected chi connectivity index (χ3v) is 4.60. The van der Waals surface area contributed by atoms with Crippen LogP contribution in [0.5, 0.6) is 0 Å². The highest BCUT2D eigenvalue weighted by Crippen LogP contribution is 2.14. The molecule has 0 saturated carbocycles. The van der Waals surface area contributed by atoms with Crippen LogP contribution in [0.3, 0.4) is 0 Å². The van der Waals surface area contributed by atoms with Crippen molar-refractivity contribution in [2.75, 3.05) is 0 Å². The van der Waals surface area contributed by atoms with Gasteiger partial charge in [-0.25, -0.2) is 0 Å². The van der Waals surface area contributed by atoms with E-state index in [1.807, 2.05) is 6.07 Å². The topological polar surface area (TPSA) is 77.4 Å². The first-order valence-electron chi connectivity index (χ1n) is 7.24. The number of carbonyl (C=O) groups is 2. The molecule has 2 aromatic rings. The Bertz CT molecular complexity index is 799. The molecule has 0 saturated heterocycles. The normalized spacial score (nSPS) is 11.8. The summed E-state index contributed by atoms with van der Waals surface area (Å²) < 4.78 is 6.38. The molecule has 0 aliphatic rings. The number of aryl methyl sites for hydroxylation is 1. The van der Waals surface area contributed by atoms with Gasteiger partial charge in [-0.1, -0.05) is 41.1 Å². The van der Waals surface area contributed by atoms with Gasteiger partial charge in [0.15, 0.2) is 6.10 Å². The van der Waals surface area contributed by atoms with Crippen molar-refractivity contribution in [2.24, 2.45) is 0 Å². The van der Waals surface area contributed by atoms with Crippen LogP contribution in [-0.4, -0.2) is 22.5 Å². The van der Waals surface area contributed by atoms with Crippen LogP contribution in [0.1, 0.15) is 18.2 Å². The zero-order valence-electron chi connectivity index (χ0n) is 13.2. The lowest BCUT2D eigenvalue weighted by atomic mass is 10.2. The average Bonchev–Trinajstić information content (AvgIpc) is 2.85. The summed E-state index contributed by atoms with van der Waals surface area (Å²) in [5.74, 6) is -1.07. The molecule has 1 aromatic carbocycles. The average molecular weight is 369 g/mol. The van der Waals surface area contributed by atoms with Gasteiger partial charge in [0.25, 0.3) is 5.91 Å². The van der Waals surface area contributed by atoms with E-state index in [2.05, 4.69) is 5.32 Å². The molecule has 8 heteroatoms. The van der Waals surface area contributed by atoms with Crippen LogP contribution < -0.4 is 10.2 Å². The van der Waals surface area contributed by atoms with Crippen LogP contribution in [-0.2, 0) is 27.4 Å². The Labute approximate surface area is 148 Å². The summed E-state index contributed by atoms with van der Waals surface area (Å²) in [7, 11) is 0. The van der Waals surface area contributed by atoms with Gasteiger partial charge < -0.3 is 10.1 Å². The Morgan fingerprint density at radius 3 is 2.71 bits per heavy atom. The molecular formula is C16H17ClN2O4S. The van der Waals surface area contributed by atoms with E-state index in [0.29, 0.717) is 10.7 Å². The molecule has 1 amide bonds. The van der Waals surface area contributed by atoms with Crippen molar-refractivity contribution >= 4 is 34.8 Å². The highest BCUT2D eigenvalue weighted by Gasteiger charge is 2.19. The number of rotatable bonds is 6. The van der Waals surface area contributed by atoms with Crippen LogP contribution in [0.15, 0.2) is 34.4 Å². The third kappa shape index (κ3) is 4.69. The van der Waals surface area contributed by atoms with Crippen molar-refractivity contribution < 1.29 is 14.3 Å². The molecule has 1 atom stereocenters. The van der Waals surface area contributed by atoms with E-state index in [0.717, 1.165) is 16.9 Å². The van der Waals surface area contributed by atoms with Crippen LogP contribution >= 0.6 is 22.9 Å². The van der Waals surface area contributed by atoms with Gasteiger partial charge in [0.05, 0.1) is 0 Å².